The highest BCUT2D eigenvalue weighted by Crippen LogP contribution is 2.51. The van der Waals surface area contributed by atoms with E-state index >= 15 is 4.39 Å². The SMILES string of the molecule is CC(C)N/C(=C\C=[N-])C(=O)NC(C(=O)Nc1ccc(-c2cnccc2C2CC2)c(F)n1)C(C1CC1)C1CC1. The summed E-state index contributed by atoms with van der Waals surface area (Å²) in [6, 6.07) is 4.29. The molecule has 3 saturated carbocycles. The summed E-state index contributed by atoms with van der Waals surface area (Å²) in [5.41, 5.74) is 2.31. The van der Waals surface area contributed by atoms with Gasteiger partial charge in [-0.2, -0.15) is 10.6 Å². The minimum atomic E-state index is -0.803. The summed E-state index contributed by atoms with van der Waals surface area (Å²) in [7, 11) is 0. The molecule has 38 heavy (non-hydrogen) atoms. The predicted octanol–water partition coefficient (Wildman–Crippen LogP) is 4.54. The first-order valence-corrected chi connectivity index (χ1v) is 13.5. The maximum absolute atomic E-state index is 15.2. The van der Waals surface area contributed by atoms with Crippen LogP contribution in [0.25, 0.3) is 16.5 Å². The zero-order valence-electron chi connectivity index (χ0n) is 21.8. The van der Waals surface area contributed by atoms with Gasteiger partial charge in [0.1, 0.15) is 11.9 Å². The van der Waals surface area contributed by atoms with E-state index < -0.39 is 23.8 Å². The molecule has 1 unspecified atom stereocenters. The first-order chi connectivity index (χ1) is 18.4. The van der Waals surface area contributed by atoms with Crippen molar-refractivity contribution in [3.63, 3.8) is 0 Å². The Balaban J connectivity index is 1.37. The summed E-state index contributed by atoms with van der Waals surface area (Å²) in [4.78, 5) is 34.9. The number of nitrogens with zero attached hydrogens (tertiary/aromatic N) is 3. The van der Waals surface area contributed by atoms with Crippen molar-refractivity contribution in [3.05, 3.63) is 59.3 Å². The van der Waals surface area contributed by atoms with Crippen molar-refractivity contribution in [1.82, 2.24) is 20.6 Å². The average Bonchev–Trinajstić information content (AvgIpc) is 3.74. The number of allylic oxidation sites excluding steroid dienone is 1. The molecule has 5 rings (SSSR count). The molecule has 3 aliphatic carbocycles. The number of halogens is 1. The molecule has 0 saturated heterocycles. The molecule has 0 bridgehead atoms. The minimum Gasteiger partial charge on any atom is -0.811 e. The van der Waals surface area contributed by atoms with Gasteiger partial charge in [0, 0.05) is 29.6 Å². The molecule has 9 heteroatoms. The molecule has 0 aromatic carbocycles. The van der Waals surface area contributed by atoms with E-state index in [1.807, 2.05) is 19.9 Å². The van der Waals surface area contributed by atoms with Crippen molar-refractivity contribution in [2.45, 2.75) is 70.4 Å². The number of rotatable bonds is 12. The molecule has 0 radical (unpaired) electrons. The van der Waals surface area contributed by atoms with E-state index in [0.29, 0.717) is 23.3 Å². The van der Waals surface area contributed by atoms with Crippen molar-refractivity contribution >= 4 is 23.8 Å². The monoisotopic (exact) mass is 517 g/mol. The molecule has 2 heterocycles. The number of anilines is 1. The van der Waals surface area contributed by atoms with E-state index in [2.05, 4.69) is 25.9 Å². The normalized spacial score (nSPS) is 18.3. The highest BCUT2D eigenvalue weighted by atomic mass is 19.1. The van der Waals surface area contributed by atoms with Gasteiger partial charge in [0.05, 0.1) is 5.70 Å². The van der Waals surface area contributed by atoms with Crippen LogP contribution in [0.1, 0.15) is 63.9 Å². The molecule has 0 aliphatic heterocycles. The van der Waals surface area contributed by atoms with E-state index in [-0.39, 0.29) is 23.5 Å². The molecular formula is C29H34FN6O2-. The fourth-order valence-corrected chi connectivity index (χ4v) is 5.31. The molecule has 3 N–H and O–H groups in total. The Bertz CT molecular complexity index is 1240. The van der Waals surface area contributed by atoms with Crippen LogP contribution in [-0.2, 0) is 9.59 Å². The maximum Gasteiger partial charge on any atom is 0.267 e. The van der Waals surface area contributed by atoms with Gasteiger partial charge in [0.2, 0.25) is 11.9 Å². The average molecular weight is 518 g/mol. The number of carbonyl (C=O) groups excluding carboxylic acids is 2. The van der Waals surface area contributed by atoms with Gasteiger partial charge >= 0.3 is 0 Å². The predicted molar refractivity (Wildman–Crippen MR) is 145 cm³/mol. The van der Waals surface area contributed by atoms with Crippen molar-refractivity contribution in [3.8, 4) is 11.1 Å². The fraction of sp³-hybridized carbons (Fsp3) is 0.483. The van der Waals surface area contributed by atoms with Crippen LogP contribution in [0.2, 0.25) is 0 Å². The third-order valence-electron chi connectivity index (χ3n) is 7.48. The van der Waals surface area contributed by atoms with Gasteiger partial charge < -0.3 is 21.4 Å². The summed E-state index contributed by atoms with van der Waals surface area (Å²) in [6.07, 6.45) is 11.7. The van der Waals surface area contributed by atoms with Crippen molar-refractivity contribution in [1.29, 1.82) is 0 Å². The van der Waals surface area contributed by atoms with Crippen molar-refractivity contribution in [2.75, 3.05) is 5.32 Å². The topological polar surface area (TPSA) is 118 Å². The van der Waals surface area contributed by atoms with E-state index in [4.69, 9.17) is 0 Å². The summed E-state index contributed by atoms with van der Waals surface area (Å²) < 4.78 is 15.2. The van der Waals surface area contributed by atoms with Crippen LogP contribution >= 0.6 is 0 Å². The van der Waals surface area contributed by atoms with Crippen molar-refractivity contribution in [2.24, 2.45) is 17.8 Å². The molecule has 3 fully saturated rings. The number of amides is 2. The summed E-state index contributed by atoms with van der Waals surface area (Å²) in [5, 5.41) is 17.9. The second-order valence-corrected chi connectivity index (χ2v) is 11.0. The van der Waals surface area contributed by atoms with E-state index in [0.717, 1.165) is 55.9 Å². The van der Waals surface area contributed by atoms with Gasteiger partial charge in [-0.25, -0.2) is 4.98 Å². The molecule has 3 aliphatic rings. The smallest absolute Gasteiger partial charge is 0.267 e. The minimum absolute atomic E-state index is 0.00188. The summed E-state index contributed by atoms with van der Waals surface area (Å²) >= 11 is 0. The molecule has 2 aromatic heterocycles. The first kappa shape index (κ1) is 26.0. The Labute approximate surface area is 222 Å². The Hall–Kier alpha value is -3.62. The number of nitrogens with one attached hydrogen (secondary N) is 3. The Kier molecular flexibility index (Phi) is 7.53. The second-order valence-electron chi connectivity index (χ2n) is 11.0. The van der Waals surface area contributed by atoms with Gasteiger partial charge in [-0.05, 0) is 99.8 Å². The van der Waals surface area contributed by atoms with E-state index in [1.54, 1.807) is 24.5 Å². The molecule has 2 amide bonds. The first-order valence-electron chi connectivity index (χ1n) is 13.5. The van der Waals surface area contributed by atoms with Gasteiger partial charge in [-0.3, -0.25) is 14.6 Å². The van der Waals surface area contributed by atoms with Gasteiger partial charge in [-0.15, -0.1) is 0 Å². The standard InChI is InChI=1S/C29H34FN6O2/c1-16(2)33-23(11-13-31)28(37)36-26(25(18-5-6-18)19-7-8-19)29(38)35-24-10-9-21(27(30)34-24)22-15-32-14-12-20(22)17-3-4-17/h9-19,25-26,33H,3-8H2,1-2H3,(H,36,37)(H,34,35,38)/q-1/b23-11-. The molecule has 1 atom stereocenters. The lowest BCUT2D eigenvalue weighted by Gasteiger charge is -2.28. The lowest BCUT2D eigenvalue weighted by molar-refractivity contribution is -0.126. The van der Waals surface area contributed by atoms with E-state index in [9.17, 15) is 15.0 Å². The highest BCUT2D eigenvalue weighted by Gasteiger charge is 2.48. The summed E-state index contributed by atoms with van der Waals surface area (Å²) in [6.45, 7) is 3.76. The maximum atomic E-state index is 15.2. The molecule has 200 valence electrons. The van der Waals surface area contributed by atoms with Gasteiger partial charge in [0.25, 0.3) is 5.91 Å². The molecule has 2 aromatic rings. The highest BCUT2D eigenvalue weighted by molar-refractivity contribution is 6.02. The van der Waals surface area contributed by atoms with Gasteiger partial charge in [0.15, 0.2) is 0 Å². The second kappa shape index (κ2) is 11.0. The Morgan fingerprint density at radius 2 is 1.74 bits per heavy atom. The number of pyridine rings is 2. The quantitative estimate of drug-likeness (QED) is 0.217. The van der Waals surface area contributed by atoms with Crippen LogP contribution < -0.4 is 16.0 Å². The van der Waals surface area contributed by atoms with Gasteiger partial charge in [-0.1, -0.05) is 6.08 Å². The summed E-state index contributed by atoms with van der Waals surface area (Å²) in [5.74, 6) is -0.322. The third-order valence-corrected chi connectivity index (χ3v) is 7.48. The Morgan fingerprint density at radius 3 is 2.32 bits per heavy atom. The van der Waals surface area contributed by atoms with Crippen LogP contribution in [0, 0.1) is 23.7 Å². The number of hydrogen-bond donors (Lipinski definition) is 3. The zero-order chi connectivity index (χ0) is 26.8. The van der Waals surface area contributed by atoms with E-state index in [1.165, 1.54) is 6.08 Å². The lowest BCUT2D eigenvalue weighted by Crippen LogP contribution is -2.51. The molecular weight excluding hydrogens is 483 g/mol. The van der Waals surface area contributed by atoms with Crippen LogP contribution in [0.5, 0.6) is 0 Å². The molecule has 0 spiro atoms. The zero-order valence-corrected chi connectivity index (χ0v) is 21.8. The number of hydrogen-bond acceptors (Lipinski definition) is 5. The lowest BCUT2D eigenvalue weighted by atomic mass is 9.88. The van der Waals surface area contributed by atoms with Crippen LogP contribution in [0.3, 0.4) is 0 Å². The van der Waals surface area contributed by atoms with Crippen LogP contribution in [-0.4, -0.2) is 40.1 Å². The van der Waals surface area contributed by atoms with Crippen LogP contribution in [0.15, 0.2) is 42.4 Å². The fourth-order valence-electron chi connectivity index (χ4n) is 5.31. The molecule has 8 nitrogen and oxygen atoms in total. The number of aromatic nitrogens is 2. The van der Waals surface area contributed by atoms with Crippen molar-refractivity contribution < 1.29 is 14.0 Å². The largest absolute Gasteiger partial charge is 0.811 e. The Morgan fingerprint density at radius 1 is 1.03 bits per heavy atom. The number of carbonyl (C=O) groups is 2. The third kappa shape index (κ3) is 6.09. The van der Waals surface area contributed by atoms with Crippen LogP contribution in [0.4, 0.5) is 10.2 Å².